The molecule has 24 heavy (non-hydrogen) atoms. The van der Waals surface area contributed by atoms with E-state index >= 15 is 0 Å². The third-order valence-corrected chi connectivity index (χ3v) is 4.38. The van der Waals surface area contributed by atoms with Gasteiger partial charge in [-0.3, -0.25) is 4.79 Å². The number of carbonyl (C=O) groups is 1. The highest BCUT2D eigenvalue weighted by Crippen LogP contribution is 2.40. The van der Waals surface area contributed by atoms with Gasteiger partial charge in [-0.15, -0.1) is 0 Å². The van der Waals surface area contributed by atoms with Crippen molar-refractivity contribution in [2.75, 3.05) is 5.32 Å². The van der Waals surface area contributed by atoms with Crippen LogP contribution >= 0.6 is 0 Å². The molecule has 0 fully saturated rings. The van der Waals surface area contributed by atoms with Crippen molar-refractivity contribution in [2.45, 2.75) is 19.3 Å². The van der Waals surface area contributed by atoms with Gasteiger partial charge in [0, 0.05) is 17.9 Å². The molecule has 1 aliphatic heterocycles. The third-order valence-electron chi connectivity index (χ3n) is 4.38. The number of hydrogen-bond donors (Lipinski definition) is 1. The number of nitrogens with one attached hydrogen (secondary N) is 1. The first-order chi connectivity index (χ1) is 11.6. The Morgan fingerprint density at radius 2 is 1.83 bits per heavy atom. The van der Waals surface area contributed by atoms with Crippen molar-refractivity contribution in [1.29, 1.82) is 0 Å². The molecular weight excluding hydrogens is 305 g/mol. The van der Waals surface area contributed by atoms with Gasteiger partial charge in [-0.1, -0.05) is 36.4 Å². The normalized spacial score (nSPS) is 16.6. The van der Waals surface area contributed by atoms with Crippen LogP contribution in [0, 0.1) is 12.7 Å². The number of halogens is 1. The number of aryl methyl sites for hydroxylation is 1. The number of carbonyl (C=O) groups excluding carboxylic acids is 1. The van der Waals surface area contributed by atoms with Crippen LogP contribution in [0.1, 0.15) is 29.2 Å². The molecule has 5 heteroatoms. The van der Waals surface area contributed by atoms with Crippen LogP contribution in [-0.4, -0.2) is 15.7 Å². The number of amides is 1. The molecule has 0 aliphatic carbocycles. The van der Waals surface area contributed by atoms with Crippen molar-refractivity contribution in [3.63, 3.8) is 0 Å². The Bertz CT molecular complexity index is 918. The van der Waals surface area contributed by atoms with Crippen LogP contribution in [-0.2, 0) is 4.79 Å². The van der Waals surface area contributed by atoms with Gasteiger partial charge < -0.3 is 5.32 Å². The van der Waals surface area contributed by atoms with Crippen LogP contribution < -0.4 is 5.32 Å². The zero-order valence-electron chi connectivity index (χ0n) is 13.2. The molecule has 0 bridgehead atoms. The van der Waals surface area contributed by atoms with E-state index in [0.717, 1.165) is 16.9 Å². The summed E-state index contributed by atoms with van der Waals surface area (Å²) in [5.74, 6) is -0.126. The van der Waals surface area contributed by atoms with Gasteiger partial charge in [-0.2, -0.15) is 5.10 Å². The van der Waals surface area contributed by atoms with Crippen LogP contribution in [0.3, 0.4) is 0 Å². The molecule has 1 N–H and O–H groups in total. The average Bonchev–Trinajstić information content (AvgIpc) is 2.92. The molecule has 4 nitrogen and oxygen atoms in total. The molecule has 0 unspecified atom stereocenters. The summed E-state index contributed by atoms with van der Waals surface area (Å²) >= 11 is 0. The summed E-state index contributed by atoms with van der Waals surface area (Å²) in [6.07, 6.45) is 0.218. The number of anilines is 1. The Labute approximate surface area is 138 Å². The predicted octanol–water partition coefficient (Wildman–Crippen LogP) is 3.79. The zero-order valence-corrected chi connectivity index (χ0v) is 13.2. The highest BCUT2D eigenvalue weighted by molar-refractivity contribution is 5.95. The number of fused-ring (bicyclic) bond motifs is 1. The number of aromatic nitrogens is 2. The average molecular weight is 321 g/mol. The molecular formula is C19H16FN3O. The van der Waals surface area contributed by atoms with E-state index in [1.54, 1.807) is 22.9 Å². The SMILES string of the molecule is Cc1nn(-c2ccccc2)c2c1[C@@H](c1ccccc1F)CC(=O)N2. The van der Waals surface area contributed by atoms with Gasteiger partial charge in [0.1, 0.15) is 11.6 Å². The largest absolute Gasteiger partial charge is 0.310 e. The van der Waals surface area contributed by atoms with E-state index in [0.29, 0.717) is 11.4 Å². The summed E-state index contributed by atoms with van der Waals surface area (Å²) < 4.78 is 16.0. The van der Waals surface area contributed by atoms with Gasteiger partial charge in [0.15, 0.2) is 0 Å². The fraction of sp³-hybridized carbons (Fsp3) is 0.158. The maximum Gasteiger partial charge on any atom is 0.226 e. The van der Waals surface area contributed by atoms with Crippen molar-refractivity contribution < 1.29 is 9.18 Å². The van der Waals surface area contributed by atoms with E-state index in [9.17, 15) is 9.18 Å². The van der Waals surface area contributed by atoms with E-state index in [2.05, 4.69) is 10.4 Å². The molecule has 3 aromatic rings. The Morgan fingerprint density at radius 1 is 1.12 bits per heavy atom. The molecule has 1 aromatic heterocycles. The summed E-state index contributed by atoms with van der Waals surface area (Å²) in [5.41, 5.74) is 3.06. The van der Waals surface area contributed by atoms with Crippen molar-refractivity contribution in [1.82, 2.24) is 9.78 Å². The number of para-hydroxylation sites is 1. The van der Waals surface area contributed by atoms with Crippen LogP contribution in [0.4, 0.5) is 10.2 Å². The molecule has 0 saturated carbocycles. The minimum atomic E-state index is -0.326. The number of hydrogen-bond acceptors (Lipinski definition) is 2. The van der Waals surface area contributed by atoms with Gasteiger partial charge in [0.25, 0.3) is 0 Å². The van der Waals surface area contributed by atoms with Gasteiger partial charge in [-0.05, 0) is 30.7 Å². The second-order valence-corrected chi connectivity index (χ2v) is 5.92. The third kappa shape index (κ3) is 2.29. The summed E-state index contributed by atoms with van der Waals surface area (Å²) in [6.45, 7) is 1.89. The van der Waals surface area contributed by atoms with E-state index in [-0.39, 0.29) is 24.1 Å². The van der Waals surface area contributed by atoms with Crippen molar-refractivity contribution in [3.8, 4) is 5.69 Å². The minimum Gasteiger partial charge on any atom is -0.310 e. The van der Waals surface area contributed by atoms with Crippen LogP contribution in [0.2, 0.25) is 0 Å². The monoisotopic (exact) mass is 321 g/mol. The van der Waals surface area contributed by atoms with E-state index in [1.807, 2.05) is 37.3 Å². The smallest absolute Gasteiger partial charge is 0.226 e. The van der Waals surface area contributed by atoms with Gasteiger partial charge in [0.05, 0.1) is 11.4 Å². The fourth-order valence-corrected chi connectivity index (χ4v) is 3.33. The van der Waals surface area contributed by atoms with E-state index in [1.165, 1.54) is 6.07 Å². The second-order valence-electron chi connectivity index (χ2n) is 5.92. The number of nitrogens with zero attached hydrogens (tertiary/aromatic N) is 2. The predicted molar refractivity (Wildman–Crippen MR) is 89.8 cm³/mol. The lowest BCUT2D eigenvalue weighted by Gasteiger charge is -2.24. The maximum absolute atomic E-state index is 14.3. The Kier molecular flexibility index (Phi) is 3.41. The molecule has 4 rings (SSSR count). The molecule has 0 radical (unpaired) electrons. The summed E-state index contributed by atoms with van der Waals surface area (Å²) in [7, 11) is 0. The standard InChI is InChI=1S/C19H16FN3O/c1-12-18-15(14-9-5-6-10-16(14)20)11-17(24)21-19(18)23(22-12)13-7-3-2-4-8-13/h2-10,15H,11H2,1H3,(H,21,24)/t15-/m1/s1. The first kappa shape index (κ1) is 14.6. The zero-order chi connectivity index (χ0) is 16.7. The topological polar surface area (TPSA) is 46.9 Å². The number of rotatable bonds is 2. The van der Waals surface area contributed by atoms with E-state index < -0.39 is 0 Å². The molecule has 2 heterocycles. The summed E-state index contributed by atoms with van der Waals surface area (Å²) in [5, 5.41) is 7.49. The molecule has 1 atom stereocenters. The molecule has 0 spiro atoms. The molecule has 1 amide bonds. The van der Waals surface area contributed by atoms with Gasteiger partial charge >= 0.3 is 0 Å². The highest BCUT2D eigenvalue weighted by atomic mass is 19.1. The van der Waals surface area contributed by atoms with Crippen molar-refractivity contribution in [2.24, 2.45) is 0 Å². The first-order valence-corrected chi connectivity index (χ1v) is 7.84. The molecule has 1 aliphatic rings. The van der Waals surface area contributed by atoms with E-state index in [4.69, 9.17) is 0 Å². The Morgan fingerprint density at radius 3 is 2.58 bits per heavy atom. The lowest BCUT2D eigenvalue weighted by atomic mass is 9.85. The lowest BCUT2D eigenvalue weighted by Crippen LogP contribution is -2.25. The highest BCUT2D eigenvalue weighted by Gasteiger charge is 2.33. The second kappa shape index (κ2) is 5.60. The van der Waals surface area contributed by atoms with Gasteiger partial charge in [-0.25, -0.2) is 9.07 Å². The van der Waals surface area contributed by atoms with Crippen LogP contribution in [0.15, 0.2) is 54.6 Å². The quantitative estimate of drug-likeness (QED) is 0.780. The summed E-state index contributed by atoms with van der Waals surface area (Å²) in [6, 6.07) is 16.2. The van der Waals surface area contributed by atoms with Crippen LogP contribution in [0.5, 0.6) is 0 Å². The fourth-order valence-electron chi connectivity index (χ4n) is 3.33. The van der Waals surface area contributed by atoms with Crippen molar-refractivity contribution >= 4 is 11.7 Å². The first-order valence-electron chi connectivity index (χ1n) is 7.84. The van der Waals surface area contributed by atoms with Crippen molar-refractivity contribution in [3.05, 3.63) is 77.2 Å². The maximum atomic E-state index is 14.3. The van der Waals surface area contributed by atoms with Crippen LogP contribution in [0.25, 0.3) is 5.69 Å². The minimum absolute atomic E-state index is 0.132. The molecule has 0 saturated heterocycles. The lowest BCUT2D eigenvalue weighted by molar-refractivity contribution is -0.116. The molecule has 2 aromatic carbocycles. The molecule has 120 valence electrons. The summed E-state index contributed by atoms with van der Waals surface area (Å²) in [4.78, 5) is 12.2. The Balaban J connectivity index is 1.91. The van der Waals surface area contributed by atoms with Gasteiger partial charge in [0.2, 0.25) is 5.91 Å². The number of benzene rings is 2. The Hall–Kier alpha value is -2.95.